The molecule has 0 heterocycles. The van der Waals surface area contributed by atoms with E-state index in [4.69, 9.17) is 18.9 Å². The molecule has 0 rings (SSSR count). The lowest BCUT2D eigenvalue weighted by molar-refractivity contribution is -0.870. The third kappa shape index (κ3) is 56.2. The predicted molar refractivity (Wildman–Crippen MR) is 311 cm³/mol. The molecule has 0 aromatic rings. The number of unbranched alkanes of at least 4 members (excludes halogenated alkanes) is 26. The van der Waals surface area contributed by atoms with Gasteiger partial charge in [-0.15, -0.1) is 0 Å². The van der Waals surface area contributed by atoms with E-state index in [0.29, 0.717) is 23.9 Å². The number of ether oxygens (including phenoxy) is 4. The second kappa shape index (κ2) is 55.7. The van der Waals surface area contributed by atoms with Gasteiger partial charge in [-0.05, 0) is 70.6 Å². The minimum atomic E-state index is -1.63. The van der Waals surface area contributed by atoms with Crippen LogP contribution < -0.4 is 5.11 Å². The average Bonchev–Trinajstić information content (AvgIpc) is 3.37. The topological polar surface area (TPSA) is 111 Å². The monoisotopic (exact) mass is 1040 g/mol. The Morgan fingerprint density at radius 1 is 0.419 bits per heavy atom. The fourth-order valence-corrected chi connectivity index (χ4v) is 8.28. The minimum absolute atomic E-state index is 0.144. The van der Waals surface area contributed by atoms with Crippen LogP contribution in [0.5, 0.6) is 0 Å². The van der Waals surface area contributed by atoms with Crippen molar-refractivity contribution in [2.45, 2.75) is 264 Å². The molecular weight excluding hydrogens is 923 g/mol. The van der Waals surface area contributed by atoms with Gasteiger partial charge in [0.25, 0.3) is 0 Å². The number of hydrogen-bond acceptors (Lipinski definition) is 8. The van der Waals surface area contributed by atoms with Crippen LogP contribution >= 0.6 is 0 Å². The van der Waals surface area contributed by atoms with Gasteiger partial charge in [0, 0.05) is 12.8 Å². The van der Waals surface area contributed by atoms with Crippen LogP contribution in [0.3, 0.4) is 0 Å². The Hall–Kier alpha value is -3.53. The maximum atomic E-state index is 12.9. The van der Waals surface area contributed by atoms with Crippen molar-refractivity contribution >= 4 is 17.9 Å². The molecule has 0 aliphatic carbocycles. The summed E-state index contributed by atoms with van der Waals surface area (Å²) in [6.45, 7) is 4.65. The molecule has 0 radical (unpaired) electrons. The molecule has 0 aliphatic rings. The summed E-state index contributed by atoms with van der Waals surface area (Å²) in [6.07, 6.45) is 70.6. The molecule has 9 heteroatoms. The first-order valence-corrected chi connectivity index (χ1v) is 30.2. The van der Waals surface area contributed by atoms with Crippen molar-refractivity contribution in [3.63, 3.8) is 0 Å². The van der Waals surface area contributed by atoms with E-state index in [-0.39, 0.29) is 32.2 Å². The van der Waals surface area contributed by atoms with E-state index >= 15 is 0 Å². The number of carbonyl (C=O) groups excluding carboxylic acids is 3. The van der Waals surface area contributed by atoms with Crippen molar-refractivity contribution in [1.82, 2.24) is 0 Å². The summed E-state index contributed by atoms with van der Waals surface area (Å²) in [5.74, 6) is -2.29. The summed E-state index contributed by atoms with van der Waals surface area (Å²) in [4.78, 5) is 37.3. The molecule has 0 saturated carbocycles. The van der Waals surface area contributed by atoms with Gasteiger partial charge >= 0.3 is 11.9 Å². The number of hydrogen-bond donors (Lipinski definition) is 0. The molecule has 426 valence electrons. The molecule has 9 nitrogen and oxygen atoms in total. The third-order valence-corrected chi connectivity index (χ3v) is 12.9. The highest BCUT2D eigenvalue weighted by atomic mass is 16.7. The Kier molecular flexibility index (Phi) is 53.0. The third-order valence-electron chi connectivity index (χ3n) is 12.9. The number of carboxylic acid groups (broad SMARTS) is 1. The Balaban J connectivity index is 4.23. The zero-order chi connectivity index (χ0) is 54.1. The first kappa shape index (κ1) is 70.5. The summed E-state index contributed by atoms with van der Waals surface area (Å²) in [5, 5.41) is 11.8. The van der Waals surface area contributed by atoms with Gasteiger partial charge in [-0.3, -0.25) is 9.59 Å². The Morgan fingerprint density at radius 2 is 0.770 bits per heavy atom. The second-order valence-electron chi connectivity index (χ2n) is 21.3. The van der Waals surface area contributed by atoms with E-state index in [1.807, 2.05) is 21.1 Å². The number of carboxylic acids is 1. The number of rotatable bonds is 55. The first-order valence-electron chi connectivity index (χ1n) is 30.2. The van der Waals surface area contributed by atoms with Crippen molar-refractivity contribution in [2.75, 3.05) is 47.5 Å². The lowest BCUT2D eigenvalue weighted by Crippen LogP contribution is -2.44. The lowest BCUT2D eigenvalue weighted by atomic mass is 10.0. The second-order valence-corrected chi connectivity index (χ2v) is 21.3. The molecule has 0 N–H and O–H groups in total. The summed E-state index contributed by atoms with van der Waals surface area (Å²) in [5.41, 5.74) is 0. The normalized spacial score (nSPS) is 13.4. The van der Waals surface area contributed by atoms with Crippen LogP contribution in [0, 0.1) is 0 Å². The standard InChI is InChI=1S/C65H113NO8/c1-6-8-10-12-14-16-18-20-22-24-26-27-28-29-30-31-32-33-34-35-36-37-38-40-42-44-46-48-50-52-54-56-63(68)74-61(60-73-65(64(69)70)71-58-57-66(3,4)5)59-72-62(67)55-53-51-49-47-45-43-41-39-25-23-21-19-17-15-13-11-9-7-2/h8,10,14,16,20,22,26-27,29-30,32-33,35-36,61,65H,6-7,9,11-13,15,17-19,21,23-25,28,31,34,37-60H2,1-5H3/b10-8-,16-14-,22-20-,27-26-,30-29-,33-32-,36-35-. The number of carbonyl (C=O) groups is 3. The van der Waals surface area contributed by atoms with Crippen LogP contribution in [0.15, 0.2) is 85.1 Å². The van der Waals surface area contributed by atoms with Gasteiger partial charge in [-0.1, -0.05) is 253 Å². The van der Waals surface area contributed by atoms with Gasteiger partial charge in [0.15, 0.2) is 12.4 Å². The van der Waals surface area contributed by atoms with Gasteiger partial charge in [0.2, 0.25) is 0 Å². The number of quaternary nitrogens is 1. The lowest BCUT2D eigenvalue weighted by Gasteiger charge is -2.26. The summed E-state index contributed by atoms with van der Waals surface area (Å²) in [6, 6.07) is 0. The number of aliphatic carboxylic acids is 1. The van der Waals surface area contributed by atoms with Crippen LogP contribution in [0.2, 0.25) is 0 Å². The Morgan fingerprint density at radius 3 is 1.15 bits per heavy atom. The summed E-state index contributed by atoms with van der Waals surface area (Å²) in [7, 11) is 5.92. The minimum Gasteiger partial charge on any atom is -0.545 e. The van der Waals surface area contributed by atoms with Crippen LogP contribution in [-0.4, -0.2) is 82.3 Å². The highest BCUT2D eigenvalue weighted by molar-refractivity contribution is 5.70. The van der Waals surface area contributed by atoms with Crippen LogP contribution in [0.25, 0.3) is 0 Å². The molecule has 0 bridgehead atoms. The molecule has 74 heavy (non-hydrogen) atoms. The molecular formula is C65H113NO8. The molecule has 2 unspecified atom stereocenters. The number of likely N-dealkylation sites (N-methyl/N-ethyl adjacent to an activating group) is 1. The van der Waals surface area contributed by atoms with E-state index in [1.54, 1.807) is 0 Å². The average molecular weight is 1040 g/mol. The Labute approximate surface area is 455 Å². The highest BCUT2D eigenvalue weighted by Gasteiger charge is 2.22. The fraction of sp³-hybridized carbons (Fsp3) is 0.738. The van der Waals surface area contributed by atoms with Gasteiger partial charge in [0.1, 0.15) is 13.2 Å². The highest BCUT2D eigenvalue weighted by Crippen LogP contribution is 2.16. The van der Waals surface area contributed by atoms with Crippen molar-refractivity contribution < 1.29 is 42.9 Å². The molecule has 0 amide bonds. The largest absolute Gasteiger partial charge is 0.545 e. The molecule has 0 spiro atoms. The van der Waals surface area contributed by atoms with E-state index in [1.165, 1.54) is 128 Å². The number of esters is 2. The van der Waals surface area contributed by atoms with Crippen LogP contribution in [0.4, 0.5) is 0 Å². The number of nitrogens with zero attached hydrogens (tertiary/aromatic N) is 1. The zero-order valence-electron chi connectivity index (χ0n) is 48.4. The van der Waals surface area contributed by atoms with Crippen molar-refractivity contribution in [3.05, 3.63) is 85.1 Å². The maximum Gasteiger partial charge on any atom is 0.306 e. The van der Waals surface area contributed by atoms with Crippen molar-refractivity contribution in [2.24, 2.45) is 0 Å². The van der Waals surface area contributed by atoms with Crippen LogP contribution in [-0.2, 0) is 33.3 Å². The number of allylic oxidation sites excluding steroid dienone is 14. The van der Waals surface area contributed by atoms with Gasteiger partial charge in [0.05, 0.1) is 40.3 Å². The smallest absolute Gasteiger partial charge is 0.306 e. The van der Waals surface area contributed by atoms with Gasteiger partial charge in [-0.2, -0.15) is 0 Å². The predicted octanol–water partition coefficient (Wildman–Crippen LogP) is 16.6. The van der Waals surface area contributed by atoms with Crippen molar-refractivity contribution in [3.8, 4) is 0 Å². The van der Waals surface area contributed by atoms with E-state index in [2.05, 4.69) is 98.9 Å². The van der Waals surface area contributed by atoms with E-state index in [0.717, 1.165) is 89.9 Å². The Bertz CT molecular complexity index is 1490. The van der Waals surface area contributed by atoms with Crippen LogP contribution in [0.1, 0.15) is 251 Å². The summed E-state index contributed by atoms with van der Waals surface area (Å²) < 4.78 is 22.7. The molecule has 0 fully saturated rings. The van der Waals surface area contributed by atoms with E-state index in [9.17, 15) is 19.5 Å². The van der Waals surface area contributed by atoms with E-state index < -0.39 is 24.3 Å². The van der Waals surface area contributed by atoms with Gasteiger partial charge in [-0.25, -0.2) is 0 Å². The SMILES string of the molecule is CC/C=C\C/C=C\C/C=C\C/C=C\C/C=C\C/C=C\C/C=C\CCCCCCCCCCCC(=O)OC(COC(=O)CCCCCCCCCCCCCCCCCCCC)COC(OCC[N+](C)(C)C)C(=O)[O-]. The zero-order valence-corrected chi connectivity index (χ0v) is 48.4. The van der Waals surface area contributed by atoms with Crippen molar-refractivity contribution in [1.29, 1.82) is 0 Å². The fourth-order valence-electron chi connectivity index (χ4n) is 8.28. The molecule has 0 saturated heterocycles. The maximum absolute atomic E-state index is 12.9. The molecule has 0 aliphatic heterocycles. The first-order chi connectivity index (χ1) is 36.1. The van der Waals surface area contributed by atoms with Gasteiger partial charge < -0.3 is 33.3 Å². The summed E-state index contributed by atoms with van der Waals surface area (Å²) >= 11 is 0. The molecule has 2 atom stereocenters. The molecule has 0 aromatic carbocycles. The quantitative estimate of drug-likeness (QED) is 0.0195. The molecule has 0 aromatic heterocycles.